The summed E-state index contributed by atoms with van der Waals surface area (Å²) in [5.41, 5.74) is -0.707. The molecule has 0 radical (unpaired) electrons. The first kappa shape index (κ1) is 21.7. The van der Waals surface area contributed by atoms with E-state index in [1.54, 1.807) is 26.8 Å². The summed E-state index contributed by atoms with van der Waals surface area (Å²) in [6.07, 6.45) is 3.33. The molecule has 1 heterocycles. The van der Waals surface area contributed by atoms with Crippen LogP contribution in [0.2, 0.25) is 5.02 Å². The van der Waals surface area contributed by atoms with E-state index in [4.69, 9.17) is 16.3 Å². The number of benzene rings is 1. The average molecular weight is 440 g/mol. The Balaban J connectivity index is 1.80. The van der Waals surface area contributed by atoms with Crippen LogP contribution >= 0.6 is 23.4 Å². The van der Waals surface area contributed by atoms with Gasteiger partial charge < -0.3 is 4.74 Å². The van der Waals surface area contributed by atoms with Gasteiger partial charge in [-0.1, -0.05) is 11.6 Å². The van der Waals surface area contributed by atoms with Gasteiger partial charge in [0.15, 0.2) is 6.19 Å². The highest BCUT2D eigenvalue weighted by atomic mass is 35.5. The van der Waals surface area contributed by atoms with E-state index in [2.05, 4.69) is 0 Å². The summed E-state index contributed by atoms with van der Waals surface area (Å²) in [4.78, 5) is 29.0. The number of carbonyl (C=O) groups excluding carboxylic acids is 2. The van der Waals surface area contributed by atoms with Gasteiger partial charge in [0.2, 0.25) is 0 Å². The van der Waals surface area contributed by atoms with E-state index in [0.29, 0.717) is 11.3 Å². The van der Waals surface area contributed by atoms with Gasteiger partial charge in [-0.15, -0.1) is 11.8 Å². The molecule has 0 bridgehead atoms. The first-order chi connectivity index (χ1) is 13.6. The molecule has 1 aliphatic heterocycles. The number of hydrogen-bond acceptors (Lipinski definition) is 5. The van der Waals surface area contributed by atoms with E-state index < -0.39 is 23.6 Å². The molecule has 1 aliphatic carbocycles. The van der Waals surface area contributed by atoms with Gasteiger partial charge in [0.25, 0.3) is 5.91 Å². The van der Waals surface area contributed by atoms with Gasteiger partial charge in [-0.3, -0.25) is 9.69 Å². The number of hydrogen-bond donors (Lipinski definition) is 0. The Bertz CT molecular complexity index is 850. The topological polar surface area (TPSA) is 73.6 Å². The molecule has 6 nitrogen and oxygen atoms in total. The van der Waals surface area contributed by atoms with Crippen LogP contribution in [0.1, 0.15) is 40.0 Å². The standard InChI is InChI=1S/C20H23ClFN3O3S/c1-20(2,3)28-19(27)24-10-14(29-17-7-4-12(22)8-15(17)21)9-16(24)18(26)25(11-23)13-5-6-13/h4,7-8,13-14,16H,5-6,9-10H2,1-3H3. The van der Waals surface area contributed by atoms with Crippen LogP contribution in [-0.2, 0) is 9.53 Å². The fourth-order valence-electron chi connectivity index (χ4n) is 3.19. The number of likely N-dealkylation sites (tertiary alicyclic amines) is 1. The van der Waals surface area contributed by atoms with Gasteiger partial charge in [-0.2, -0.15) is 5.26 Å². The van der Waals surface area contributed by atoms with Crippen LogP contribution in [0.25, 0.3) is 0 Å². The van der Waals surface area contributed by atoms with Crippen molar-refractivity contribution >= 4 is 35.4 Å². The Labute approximate surface area is 178 Å². The van der Waals surface area contributed by atoms with Crippen molar-refractivity contribution in [3.63, 3.8) is 0 Å². The smallest absolute Gasteiger partial charge is 0.411 e. The maximum atomic E-state index is 13.3. The van der Waals surface area contributed by atoms with E-state index in [9.17, 15) is 19.2 Å². The van der Waals surface area contributed by atoms with Crippen molar-refractivity contribution < 1.29 is 18.7 Å². The zero-order valence-corrected chi connectivity index (χ0v) is 18.1. The average Bonchev–Trinajstić information content (AvgIpc) is 3.35. The third kappa shape index (κ3) is 5.34. The summed E-state index contributed by atoms with van der Waals surface area (Å²) in [6.45, 7) is 5.55. The number of halogens is 2. The van der Waals surface area contributed by atoms with Crippen LogP contribution in [0.4, 0.5) is 9.18 Å². The molecule has 156 valence electrons. The van der Waals surface area contributed by atoms with E-state index in [-0.39, 0.29) is 28.8 Å². The predicted molar refractivity (Wildman–Crippen MR) is 108 cm³/mol. The molecule has 2 amide bonds. The van der Waals surface area contributed by atoms with Crippen molar-refractivity contribution in [1.82, 2.24) is 9.80 Å². The van der Waals surface area contributed by atoms with Crippen LogP contribution in [-0.4, -0.2) is 51.3 Å². The van der Waals surface area contributed by atoms with E-state index in [0.717, 1.165) is 12.8 Å². The van der Waals surface area contributed by atoms with Crippen molar-refractivity contribution in [1.29, 1.82) is 5.26 Å². The largest absolute Gasteiger partial charge is 0.444 e. The Kier molecular flexibility index (Phi) is 6.30. The maximum Gasteiger partial charge on any atom is 0.411 e. The minimum absolute atomic E-state index is 0.0776. The molecule has 2 unspecified atom stereocenters. The molecule has 0 spiro atoms. The number of nitriles is 1. The molecule has 2 atom stereocenters. The molecule has 1 aromatic carbocycles. The lowest BCUT2D eigenvalue weighted by atomic mass is 10.2. The van der Waals surface area contributed by atoms with Crippen molar-refractivity contribution in [3.8, 4) is 6.19 Å². The lowest BCUT2D eigenvalue weighted by Crippen LogP contribution is -2.48. The molecule has 1 saturated carbocycles. The van der Waals surface area contributed by atoms with E-state index >= 15 is 0 Å². The molecular weight excluding hydrogens is 417 g/mol. The molecule has 3 rings (SSSR count). The summed E-state index contributed by atoms with van der Waals surface area (Å²) in [5, 5.41) is 9.55. The molecule has 1 aromatic rings. The Morgan fingerprint density at radius 3 is 2.62 bits per heavy atom. The number of ether oxygens (including phenoxy) is 1. The normalized spacial score (nSPS) is 21.6. The number of nitrogens with zero attached hydrogens (tertiary/aromatic N) is 3. The molecule has 2 aliphatic rings. The molecule has 0 aromatic heterocycles. The van der Waals surface area contributed by atoms with Gasteiger partial charge in [0.1, 0.15) is 17.5 Å². The molecular formula is C20H23ClFN3O3S. The highest BCUT2D eigenvalue weighted by molar-refractivity contribution is 8.00. The second-order valence-electron chi connectivity index (χ2n) is 8.24. The summed E-state index contributed by atoms with van der Waals surface area (Å²) in [5.74, 6) is -0.808. The second-order valence-corrected chi connectivity index (χ2v) is 9.99. The number of amides is 2. The lowest BCUT2D eigenvalue weighted by molar-refractivity contribution is -0.133. The van der Waals surface area contributed by atoms with Crippen LogP contribution < -0.4 is 0 Å². The van der Waals surface area contributed by atoms with Gasteiger partial charge in [-0.05, 0) is 58.2 Å². The predicted octanol–water partition coefficient (Wildman–Crippen LogP) is 4.42. The van der Waals surface area contributed by atoms with Crippen molar-refractivity contribution in [2.75, 3.05) is 6.54 Å². The minimum Gasteiger partial charge on any atom is -0.444 e. The fraction of sp³-hybridized carbons (Fsp3) is 0.550. The zero-order valence-electron chi connectivity index (χ0n) is 16.5. The third-order valence-corrected chi connectivity index (χ3v) is 6.33. The minimum atomic E-state index is -0.776. The highest BCUT2D eigenvalue weighted by Crippen LogP contribution is 2.38. The first-order valence-electron chi connectivity index (χ1n) is 9.43. The number of thioether (sulfide) groups is 1. The lowest BCUT2D eigenvalue weighted by Gasteiger charge is -2.29. The molecule has 9 heteroatoms. The quantitative estimate of drug-likeness (QED) is 0.512. The number of rotatable bonds is 4. The second kappa shape index (κ2) is 8.41. The van der Waals surface area contributed by atoms with Crippen LogP contribution in [0, 0.1) is 17.3 Å². The van der Waals surface area contributed by atoms with Gasteiger partial charge in [0, 0.05) is 22.7 Å². The Morgan fingerprint density at radius 2 is 2.07 bits per heavy atom. The highest BCUT2D eigenvalue weighted by Gasteiger charge is 2.46. The van der Waals surface area contributed by atoms with E-state index in [1.807, 2.05) is 6.19 Å². The molecule has 1 saturated heterocycles. The van der Waals surface area contributed by atoms with Gasteiger partial charge in [-0.25, -0.2) is 14.1 Å². The van der Waals surface area contributed by atoms with Crippen LogP contribution in [0.5, 0.6) is 0 Å². The summed E-state index contributed by atoms with van der Waals surface area (Å²) in [6, 6.07) is 3.29. The number of carbonyl (C=O) groups is 2. The van der Waals surface area contributed by atoms with Gasteiger partial charge in [0.05, 0.1) is 5.02 Å². The van der Waals surface area contributed by atoms with Crippen molar-refractivity contribution in [3.05, 3.63) is 29.0 Å². The van der Waals surface area contributed by atoms with Gasteiger partial charge >= 0.3 is 6.09 Å². The fourth-order valence-corrected chi connectivity index (χ4v) is 4.69. The van der Waals surface area contributed by atoms with Crippen molar-refractivity contribution in [2.45, 2.75) is 67.9 Å². The summed E-state index contributed by atoms with van der Waals surface area (Å²) < 4.78 is 18.8. The Morgan fingerprint density at radius 1 is 1.38 bits per heavy atom. The summed E-state index contributed by atoms with van der Waals surface area (Å²) in [7, 11) is 0. The third-order valence-electron chi connectivity index (χ3n) is 4.62. The molecule has 29 heavy (non-hydrogen) atoms. The van der Waals surface area contributed by atoms with Crippen molar-refractivity contribution in [2.24, 2.45) is 0 Å². The van der Waals surface area contributed by atoms with Crippen LogP contribution in [0.3, 0.4) is 0 Å². The van der Waals surface area contributed by atoms with Crippen LogP contribution in [0.15, 0.2) is 23.1 Å². The molecule has 2 fully saturated rings. The van der Waals surface area contributed by atoms with E-state index in [1.165, 1.54) is 33.7 Å². The zero-order chi connectivity index (χ0) is 21.3. The Hall–Kier alpha value is -1.98. The molecule has 0 N–H and O–H groups in total. The SMILES string of the molecule is CC(C)(C)OC(=O)N1CC(Sc2ccc(F)cc2Cl)CC1C(=O)N(C#N)C1CC1. The maximum absolute atomic E-state index is 13.3. The monoisotopic (exact) mass is 439 g/mol. The first-order valence-corrected chi connectivity index (χ1v) is 10.7. The summed E-state index contributed by atoms with van der Waals surface area (Å²) >= 11 is 7.52.